The lowest BCUT2D eigenvalue weighted by Crippen LogP contribution is -2.43. The number of para-hydroxylation sites is 1. The number of carbonyl (C=O) groups is 3. The SMILES string of the molecule is O=C(CN1CCCC1=O)N1CCCN(C(=O)c2ccccc2O)CC1. The van der Waals surface area contributed by atoms with Crippen molar-refractivity contribution < 1.29 is 19.5 Å². The molecule has 0 saturated carbocycles. The molecule has 3 rings (SSSR count). The van der Waals surface area contributed by atoms with Crippen molar-refractivity contribution in [2.45, 2.75) is 19.3 Å². The Balaban J connectivity index is 1.58. The second kappa shape index (κ2) is 7.55. The zero-order valence-electron chi connectivity index (χ0n) is 14.2. The Morgan fingerprint density at radius 1 is 0.960 bits per heavy atom. The van der Waals surface area contributed by atoms with Crippen LogP contribution < -0.4 is 0 Å². The van der Waals surface area contributed by atoms with Crippen LogP contribution in [0.3, 0.4) is 0 Å². The maximum absolute atomic E-state index is 12.6. The number of aromatic hydroxyl groups is 1. The van der Waals surface area contributed by atoms with Crippen molar-refractivity contribution in [1.82, 2.24) is 14.7 Å². The predicted molar refractivity (Wildman–Crippen MR) is 91.0 cm³/mol. The minimum absolute atomic E-state index is 0.0303. The van der Waals surface area contributed by atoms with Gasteiger partial charge in [-0.2, -0.15) is 0 Å². The molecule has 0 aliphatic carbocycles. The number of phenolic OH excluding ortho intramolecular Hbond substituents is 1. The zero-order valence-corrected chi connectivity index (χ0v) is 14.2. The van der Waals surface area contributed by atoms with E-state index in [1.807, 2.05) is 0 Å². The Morgan fingerprint density at radius 3 is 2.40 bits per heavy atom. The van der Waals surface area contributed by atoms with E-state index in [1.165, 1.54) is 6.07 Å². The van der Waals surface area contributed by atoms with Gasteiger partial charge in [0.25, 0.3) is 5.91 Å². The quantitative estimate of drug-likeness (QED) is 0.874. The lowest BCUT2D eigenvalue weighted by molar-refractivity contribution is -0.138. The highest BCUT2D eigenvalue weighted by Crippen LogP contribution is 2.19. The number of rotatable bonds is 3. The molecular formula is C18H23N3O4. The summed E-state index contributed by atoms with van der Waals surface area (Å²) in [6.45, 7) is 2.76. The van der Waals surface area contributed by atoms with Crippen LogP contribution in [0.4, 0.5) is 0 Å². The molecule has 2 heterocycles. The monoisotopic (exact) mass is 345 g/mol. The van der Waals surface area contributed by atoms with Crippen LogP contribution in [0.1, 0.15) is 29.6 Å². The lowest BCUT2D eigenvalue weighted by Gasteiger charge is -2.24. The third kappa shape index (κ3) is 3.92. The van der Waals surface area contributed by atoms with Crippen LogP contribution in [-0.4, -0.2) is 76.8 Å². The topological polar surface area (TPSA) is 81.2 Å². The zero-order chi connectivity index (χ0) is 17.8. The molecule has 1 aromatic rings. The van der Waals surface area contributed by atoms with E-state index < -0.39 is 0 Å². The highest BCUT2D eigenvalue weighted by atomic mass is 16.3. The summed E-state index contributed by atoms with van der Waals surface area (Å²) < 4.78 is 0. The van der Waals surface area contributed by atoms with Gasteiger partial charge in [-0.05, 0) is 25.0 Å². The summed E-state index contributed by atoms with van der Waals surface area (Å²) in [4.78, 5) is 41.7. The summed E-state index contributed by atoms with van der Waals surface area (Å²) >= 11 is 0. The fourth-order valence-electron chi connectivity index (χ4n) is 3.33. The summed E-state index contributed by atoms with van der Waals surface area (Å²) in [7, 11) is 0. The Hall–Kier alpha value is -2.57. The maximum Gasteiger partial charge on any atom is 0.257 e. The molecule has 0 atom stereocenters. The van der Waals surface area contributed by atoms with Crippen molar-refractivity contribution in [3.8, 4) is 5.75 Å². The van der Waals surface area contributed by atoms with Gasteiger partial charge >= 0.3 is 0 Å². The molecule has 0 bridgehead atoms. The first-order chi connectivity index (χ1) is 12.1. The minimum atomic E-state index is -0.220. The van der Waals surface area contributed by atoms with Gasteiger partial charge in [0, 0.05) is 39.1 Å². The van der Waals surface area contributed by atoms with Gasteiger partial charge in [0.1, 0.15) is 5.75 Å². The van der Waals surface area contributed by atoms with E-state index in [-0.39, 0.29) is 35.6 Å². The van der Waals surface area contributed by atoms with E-state index >= 15 is 0 Å². The second-order valence-corrected chi connectivity index (χ2v) is 6.46. The molecule has 2 aliphatic heterocycles. The van der Waals surface area contributed by atoms with Gasteiger partial charge in [-0.1, -0.05) is 12.1 Å². The summed E-state index contributed by atoms with van der Waals surface area (Å²) in [6, 6.07) is 6.49. The Bertz CT molecular complexity index is 676. The first kappa shape index (κ1) is 17.3. The van der Waals surface area contributed by atoms with Crippen LogP contribution in [0, 0.1) is 0 Å². The fraction of sp³-hybridized carbons (Fsp3) is 0.500. The van der Waals surface area contributed by atoms with Crippen molar-refractivity contribution in [3.63, 3.8) is 0 Å². The normalized spacial score (nSPS) is 18.4. The van der Waals surface area contributed by atoms with Gasteiger partial charge in [0.05, 0.1) is 12.1 Å². The highest BCUT2D eigenvalue weighted by molar-refractivity contribution is 5.96. The third-order valence-electron chi connectivity index (χ3n) is 4.77. The van der Waals surface area contributed by atoms with Crippen molar-refractivity contribution in [2.24, 2.45) is 0 Å². The first-order valence-electron chi connectivity index (χ1n) is 8.69. The number of hydrogen-bond donors (Lipinski definition) is 1. The molecule has 2 fully saturated rings. The Morgan fingerprint density at radius 2 is 1.68 bits per heavy atom. The van der Waals surface area contributed by atoms with E-state index in [0.29, 0.717) is 45.6 Å². The number of hydrogen-bond acceptors (Lipinski definition) is 4. The van der Waals surface area contributed by atoms with E-state index in [0.717, 1.165) is 6.42 Å². The van der Waals surface area contributed by atoms with Crippen molar-refractivity contribution in [2.75, 3.05) is 39.3 Å². The van der Waals surface area contributed by atoms with Gasteiger partial charge in [-0.25, -0.2) is 0 Å². The average molecular weight is 345 g/mol. The standard InChI is InChI=1S/C18H23N3O4/c22-15-6-2-1-5-14(15)18(25)20-10-4-9-19(11-12-20)17(24)13-21-8-3-7-16(21)23/h1-2,5-6,22H,3-4,7-13H2. The molecule has 2 aliphatic rings. The number of likely N-dealkylation sites (tertiary alicyclic amines) is 1. The Labute approximate surface area is 146 Å². The van der Waals surface area contributed by atoms with Crippen LogP contribution in [-0.2, 0) is 9.59 Å². The van der Waals surface area contributed by atoms with Crippen LogP contribution in [0.15, 0.2) is 24.3 Å². The first-order valence-corrected chi connectivity index (χ1v) is 8.69. The molecule has 0 aromatic heterocycles. The number of nitrogens with zero attached hydrogens (tertiary/aromatic N) is 3. The molecule has 25 heavy (non-hydrogen) atoms. The Kier molecular flexibility index (Phi) is 5.21. The van der Waals surface area contributed by atoms with E-state index in [9.17, 15) is 19.5 Å². The van der Waals surface area contributed by atoms with Crippen molar-refractivity contribution in [3.05, 3.63) is 29.8 Å². The maximum atomic E-state index is 12.6. The molecular weight excluding hydrogens is 322 g/mol. The van der Waals surface area contributed by atoms with Crippen molar-refractivity contribution in [1.29, 1.82) is 0 Å². The van der Waals surface area contributed by atoms with Crippen LogP contribution in [0.2, 0.25) is 0 Å². The molecule has 1 aromatic carbocycles. The molecule has 0 spiro atoms. The van der Waals surface area contributed by atoms with Gasteiger partial charge in [-0.3, -0.25) is 14.4 Å². The molecule has 134 valence electrons. The molecule has 1 N–H and O–H groups in total. The number of amides is 3. The third-order valence-corrected chi connectivity index (χ3v) is 4.77. The summed E-state index contributed by atoms with van der Waals surface area (Å²) in [5.41, 5.74) is 0.282. The van der Waals surface area contributed by atoms with Gasteiger partial charge in [0.15, 0.2) is 0 Å². The average Bonchev–Trinajstić information content (AvgIpc) is 2.86. The predicted octanol–water partition coefficient (Wildman–Crippen LogP) is 0.689. The summed E-state index contributed by atoms with van der Waals surface area (Å²) in [6.07, 6.45) is 2.02. The number of phenols is 1. The highest BCUT2D eigenvalue weighted by Gasteiger charge is 2.27. The second-order valence-electron chi connectivity index (χ2n) is 6.46. The molecule has 0 unspecified atom stereocenters. The summed E-state index contributed by atoms with van der Waals surface area (Å²) in [5.74, 6) is -0.272. The number of benzene rings is 1. The summed E-state index contributed by atoms with van der Waals surface area (Å²) in [5, 5.41) is 9.86. The molecule has 7 nitrogen and oxygen atoms in total. The van der Waals surface area contributed by atoms with Crippen LogP contribution >= 0.6 is 0 Å². The van der Waals surface area contributed by atoms with Crippen LogP contribution in [0.25, 0.3) is 0 Å². The molecule has 7 heteroatoms. The van der Waals surface area contributed by atoms with Gasteiger partial charge in [-0.15, -0.1) is 0 Å². The number of carbonyl (C=O) groups excluding carboxylic acids is 3. The van der Waals surface area contributed by atoms with Gasteiger partial charge in [0.2, 0.25) is 11.8 Å². The molecule has 3 amide bonds. The minimum Gasteiger partial charge on any atom is -0.507 e. The lowest BCUT2D eigenvalue weighted by atomic mass is 10.1. The van der Waals surface area contributed by atoms with Crippen molar-refractivity contribution >= 4 is 17.7 Å². The van der Waals surface area contributed by atoms with E-state index in [4.69, 9.17) is 0 Å². The molecule has 0 radical (unpaired) electrons. The van der Waals surface area contributed by atoms with E-state index in [2.05, 4.69) is 0 Å². The smallest absolute Gasteiger partial charge is 0.257 e. The largest absolute Gasteiger partial charge is 0.507 e. The molecule has 2 saturated heterocycles. The van der Waals surface area contributed by atoms with Gasteiger partial charge < -0.3 is 19.8 Å². The van der Waals surface area contributed by atoms with E-state index in [1.54, 1.807) is 32.9 Å². The fourth-order valence-corrected chi connectivity index (χ4v) is 3.33. The van der Waals surface area contributed by atoms with Crippen LogP contribution in [0.5, 0.6) is 5.75 Å².